The third-order valence-electron chi connectivity index (χ3n) is 2.33. The number of unbranched alkanes of at least 4 members (excludes halogenated alkanes) is 5. The zero-order valence-electron chi connectivity index (χ0n) is 10.6. The Labute approximate surface area is 109 Å². The zero-order chi connectivity index (χ0) is 13.0. The minimum Gasteiger partial charge on any atom is -0.303 e. The van der Waals surface area contributed by atoms with E-state index in [0.29, 0.717) is 6.42 Å². The van der Waals surface area contributed by atoms with Gasteiger partial charge in [-0.3, -0.25) is 4.52 Å². The van der Waals surface area contributed by atoms with E-state index >= 15 is 0 Å². The second kappa shape index (κ2) is 11.5. The first kappa shape index (κ1) is 17.5. The molecule has 0 rings (SSSR count). The number of hydrogen-bond acceptors (Lipinski definition) is 3. The average molecular weight is 284 g/mol. The Balaban J connectivity index is 3.01. The van der Waals surface area contributed by atoms with Crippen LogP contribution in [0.15, 0.2) is 0 Å². The quantitative estimate of drug-likeness (QED) is 0.423. The fourth-order valence-electron chi connectivity index (χ4n) is 1.43. The largest absolute Gasteiger partial charge is 0.469 e. The number of rotatable bonds is 12. The Kier molecular flexibility index (Phi) is 11.9. The summed E-state index contributed by atoms with van der Waals surface area (Å²) >= 11 is 1.83. The fourth-order valence-corrected chi connectivity index (χ4v) is 2.73. The topological polar surface area (TPSA) is 66.8 Å². The van der Waals surface area contributed by atoms with Crippen LogP contribution in [0.5, 0.6) is 0 Å². The molecule has 0 fully saturated rings. The Morgan fingerprint density at radius 2 is 1.59 bits per heavy atom. The molecule has 0 radical (unpaired) electrons. The molecule has 0 heterocycles. The SMILES string of the molecule is CCCCCCCCSCCCOP(=O)(O)O. The summed E-state index contributed by atoms with van der Waals surface area (Å²) in [6.45, 7) is 2.36. The van der Waals surface area contributed by atoms with Crippen molar-refractivity contribution >= 4 is 19.6 Å². The maximum absolute atomic E-state index is 10.4. The minimum absolute atomic E-state index is 0.147. The maximum Gasteiger partial charge on any atom is 0.469 e. The number of phosphoric acid groups is 1. The summed E-state index contributed by atoms with van der Waals surface area (Å²) in [6.07, 6.45) is 8.54. The third-order valence-corrected chi connectivity index (χ3v) is 4.01. The lowest BCUT2D eigenvalue weighted by atomic mass is 10.1. The molecule has 0 aromatic carbocycles. The Morgan fingerprint density at radius 1 is 1.00 bits per heavy atom. The molecule has 2 N–H and O–H groups in total. The van der Waals surface area contributed by atoms with Gasteiger partial charge in [0.1, 0.15) is 0 Å². The standard InChI is InChI=1S/C11H25O4PS/c1-2-3-4-5-6-7-10-17-11-8-9-15-16(12,13)14/h2-11H2,1H3,(H2,12,13,14). The third kappa shape index (κ3) is 16.5. The van der Waals surface area contributed by atoms with Crippen LogP contribution < -0.4 is 0 Å². The summed E-state index contributed by atoms with van der Waals surface area (Å²) in [4.78, 5) is 16.9. The maximum atomic E-state index is 10.4. The molecule has 0 amide bonds. The molecule has 0 aliphatic rings. The van der Waals surface area contributed by atoms with E-state index in [1.54, 1.807) is 0 Å². The van der Waals surface area contributed by atoms with Gasteiger partial charge in [0.05, 0.1) is 6.61 Å². The summed E-state index contributed by atoms with van der Waals surface area (Å²) < 4.78 is 14.7. The van der Waals surface area contributed by atoms with E-state index in [2.05, 4.69) is 11.4 Å². The average Bonchev–Trinajstić information content (AvgIpc) is 2.24. The molecular weight excluding hydrogens is 259 g/mol. The molecule has 0 aliphatic carbocycles. The van der Waals surface area contributed by atoms with Gasteiger partial charge in [-0.05, 0) is 24.3 Å². The van der Waals surface area contributed by atoms with E-state index in [1.807, 2.05) is 11.8 Å². The van der Waals surface area contributed by atoms with Gasteiger partial charge in [-0.25, -0.2) is 4.57 Å². The van der Waals surface area contributed by atoms with Crippen molar-refractivity contribution in [3.05, 3.63) is 0 Å². The van der Waals surface area contributed by atoms with Crippen LogP contribution in [0, 0.1) is 0 Å². The van der Waals surface area contributed by atoms with E-state index in [0.717, 1.165) is 11.5 Å². The van der Waals surface area contributed by atoms with E-state index < -0.39 is 7.82 Å². The molecule has 0 aliphatic heterocycles. The molecule has 6 heteroatoms. The van der Waals surface area contributed by atoms with Gasteiger partial charge in [-0.2, -0.15) is 11.8 Å². The predicted octanol–water partition coefficient (Wildman–Crippen LogP) is 3.58. The van der Waals surface area contributed by atoms with Gasteiger partial charge in [0.2, 0.25) is 0 Å². The van der Waals surface area contributed by atoms with Crippen molar-refractivity contribution in [2.75, 3.05) is 18.1 Å². The Bertz CT molecular complexity index is 208. The van der Waals surface area contributed by atoms with Gasteiger partial charge in [0, 0.05) is 0 Å². The molecule has 0 atom stereocenters. The van der Waals surface area contributed by atoms with Crippen molar-refractivity contribution < 1.29 is 18.9 Å². The van der Waals surface area contributed by atoms with Crippen LogP contribution in [0.3, 0.4) is 0 Å². The highest BCUT2D eigenvalue weighted by Gasteiger charge is 2.12. The van der Waals surface area contributed by atoms with Crippen LogP contribution in [0.1, 0.15) is 51.9 Å². The Morgan fingerprint density at radius 3 is 2.24 bits per heavy atom. The summed E-state index contributed by atoms with van der Waals surface area (Å²) in [5, 5.41) is 0. The van der Waals surface area contributed by atoms with Gasteiger partial charge in [0.25, 0.3) is 0 Å². The van der Waals surface area contributed by atoms with Crippen molar-refractivity contribution in [2.45, 2.75) is 51.9 Å². The van der Waals surface area contributed by atoms with Crippen LogP contribution >= 0.6 is 19.6 Å². The predicted molar refractivity (Wildman–Crippen MR) is 73.3 cm³/mol. The molecule has 104 valence electrons. The number of thioether (sulfide) groups is 1. The van der Waals surface area contributed by atoms with Crippen molar-refractivity contribution in [1.29, 1.82) is 0 Å². The van der Waals surface area contributed by atoms with Gasteiger partial charge < -0.3 is 9.79 Å². The lowest BCUT2D eigenvalue weighted by Gasteiger charge is -2.05. The normalized spacial score (nSPS) is 11.9. The second-order valence-electron chi connectivity index (χ2n) is 4.06. The highest BCUT2D eigenvalue weighted by molar-refractivity contribution is 7.99. The summed E-state index contributed by atoms with van der Waals surface area (Å²) in [7, 11) is -4.25. The van der Waals surface area contributed by atoms with Gasteiger partial charge in [0.15, 0.2) is 0 Å². The molecule has 0 spiro atoms. The zero-order valence-corrected chi connectivity index (χ0v) is 12.3. The highest BCUT2D eigenvalue weighted by atomic mass is 32.2. The molecular formula is C11H25O4PS. The summed E-state index contributed by atoms with van der Waals surface area (Å²) in [5.74, 6) is 2.05. The molecule has 0 aromatic rings. The number of hydrogen-bond donors (Lipinski definition) is 2. The van der Waals surface area contributed by atoms with Crippen LogP contribution in [0.4, 0.5) is 0 Å². The van der Waals surface area contributed by atoms with Gasteiger partial charge in [-0.1, -0.05) is 39.0 Å². The molecule has 4 nitrogen and oxygen atoms in total. The Hall–Kier alpha value is 0.460. The van der Waals surface area contributed by atoms with E-state index in [1.165, 1.54) is 38.5 Å². The monoisotopic (exact) mass is 284 g/mol. The van der Waals surface area contributed by atoms with Crippen LogP contribution in [0.2, 0.25) is 0 Å². The van der Waals surface area contributed by atoms with Crippen molar-refractivity contribution in [3.8, 4) is 0 Å². The first-order valence-corrected chi connectivity index (χ1v) is 9.02. The molecule has 0 saturated heterocycles. The van der Waals surface area contributed by atoms with Crippen LogP contribution in [-0.4, -0.2) is 27.9 Å². The first-order valence-electron chi connectivity index (χ1n) is 6.34. The van der Waals surface area contributed by atoms with Gasteiger partial charge in [-0.15, -0.1) is 0 Å². The van der Waals surface area contributed by atoms with Crippen LogP contribution in [0.25, 0.3) is 0 Å². The smallest absolute Gasteiger partial charge is 0.303 e. The fraction of sp³-hybridized carbons (Fsp3) is 1.00. The van der Waals surface area contributed by atoms with E-state index in [-0.39, 0.29) is 6.61 Å². The summed E-state index contributed by atoms with van der Waals surface area (Å²) in [6, 6.07) is 0. The van der Waals surface area contributed by atoms with Crippen molar-refractivity contribution in [2.24, 2.45) is 0 Å². The molecule has 17 heavy (non-hydrogen) atoms. The lowest BCUT2D eigenvalue weighted by molar-refractivity contribution is 0.198. The number of phosphoric ester groups is 1. The van der Waals surface area contributed by atoms with E-state index in [4.69, 9.17) is 9.79 Å². The summed E-state index contributed by atoms with van der Waals surface area (Å²) in [5.41, 5.74) is 0. The minimum atomic E-state index is -4.25. The highest BCUT2D eigenvalue weighted by Crippen LogP contribution is 2.35. The first-order chi connectivity index (χ1) is 8.06. The van der Waals surface area contributed by atoms with Crippen LogP contribution in [-0.2, 0) is 9.09 Å². The second-order valence-corrected chi connectivity index (χ2v) is 6.52. The molecule has 0 bridgehead atoms. The van der Waals surface area contributed by atoms with Crippen molar-refractivity contribution in [1.82, 2.24) is 0 Å². The molecule has 0 aromatic heterocycles. The van der Waals surface area contributed by atoms with E-state index in [9.17, 15) is 4.57 Å². The van der Waals surface area contributed by atoms with Crippen molar-refractivity contribution in [3.63, 3.8) is 0 Å². The molecule has 0 unspecified atom stereocenters. The lowest BCUT2D eigenvalue weighted by Crippen LogP contribution is -1.94. The molecule has 0 saturated carbocycles. The van der Waals surface area contributed by atoms with Gasteiger partial charge >= 0.3 is 7.82 Å².